The molecule has 0 aromatic heterocycles. The first kappa shape index (κ1) is 22.0. The number of carbonyl (C=O) groups excluding carboxylic acids is 3. The van der Waals surface area contributed by atoms with E-state index in [1.54, 1.807) is 35.2 Å². The second-order valence-electron chi connectivity index (χ2n) is 8.56. The van der Waals surface area contributed by atoms with Gasteiger partial charge in [0.1, 0.15) is 11.9 Å². The van der Waals surface area contributed by atoms with Crippen LogP contribution < -0.4 is 10.6 Å². The number of nitrogens with zero attached hydrogens (tertiary/aromatic N) is 1. The Hall–Kier alpha value is -3.22. The molecule has 1 saturated heterocycles. The van der Waals surface area contributed by atoms with Gasteiger partial charge in [0.15, 0.2) is 0 Å². The van der Waals surface area contributed by atoms with Crippen LogP contribution in [-0.4, -0.2) is 35.2 Å². The number of likely N-dealkylation sites (tertiary alicyclic amines) is 1. The fourth-order valence-electron chi connectivity index (χ4n) is 4.62. The molecule has 0 bridgehead atoms. The highest BCUT2D eigenvalue weighted by Gasteiger charge is 2.37. The summed E-state index contributed by atoms with van der Waals surface area (Å²) in [5, 5.41) is 5.52. The molecule has 2 aliphatic rings. The molecular weight excluding hydrogens is 409 g/mol. The Morgan fingerprint density at radius 3 is 2.31 bits per heavy atom. The summed E-state index contributed by atoms with van der Waals surface area (Å²) in [6, 6.07) is 11.8. The van der Waals surface area contributed by atoms with Crippen LogP contribution in [0.3, 0.4) is 0 Å². The van der Waals surface area contributed by atoms with Crippen molar-refractivity contribution in [2.24, 2.45) is 5.92 Å². The average molecular weight is 438 g/mol. The quantitative estimate of drug-likeness (QED) is 0.718. The third-order valence-electron chi connectivity index (χ3n) is 6.27. The van der Waals surface area contributed by atoms with E-state index < -0.39 is 17.8 Å². The van der Waals surface area contributed by atoms with Gasteiger partial charge in [-0.3, -0.25) is 14.4 Å². The van der Waals surface area contributed by atoms with Crippen molar-refractivity contribution in [3.63, 3.8) is 0 Å². The molecule has 1 saturated carbocycles. The second-order valence-corrected chi connectivity index (χ2v) is 8.56. The summed E-state index contributed by atoms with van der Waals surface area (Å²) < 4.78 is 13.4. The summed E-state index contributed by atoms with van der Waals surface area (Å²) in [6.07, 6.45) is 6.60. The second kappa shape index (κ2) is 9.94. The van der Waals surface area contributed by atoms with Crippen molar-refractivity contribution in [1.29, 1.82) is 0 Å². The summed E-state index contributed by atoms with van der Waals surface area (Å²) in [5.41, 5.74) is 1.18. The van der Waals surface area contributed by atoms with Crippen molar-refractivity contribution in [3.8, 4) is 0 Å². The van der Waals surface area contributed by atoms with Crippen molar-refractivity contribution in [3.05, 3.63) is 59.9 Å². The van der Waals surface area contributed by atoms with Crippen LogP contribution in [-0.2, 0) is 9.59 Å². The Kier molecular flexibility index (Phi) is 6.83. The first-order valence-electron chi connectivity index (χ1n) is 11.3. The van der Waals surface area contributed by atoms with Crippen LogP contribution in [0, 0.1) is 11.7 Å². The van der Waals surface area contributed by atoms with E-state index in [0.717, 1.165) is 32.1 Å². The fourth-order valence-corrected chi connectivity index (χ4v) is 4.62. The highest BCUT2D eigenvalue weighted by atomic mass is 19.1. The normalized spacial score (nSPS) is 18.9. The number of benzene rings is 2. The van der Waals surface area contributed by atoms with Crippen molar-refractivity contribution >= 4 is 29.1 Å². The van der Waals surface area contributed by atoms with Gasteiger partial charge in [-0.2, -0.15) is 0 Å². The van der Waals surface area contributed by atoms with Gasteiger partial charge < -0.3 is 15.5 Å². The molecule has 2 aromatic carbocycles. The van der Waals surface area contributed by atoms with Crippen molar-refractivity contribution in [1.82, 2.24) is 4.90 Å². The van der Waals surface area contributed by atoms with Gasteiger partial charge in [0.05, 0.1) is 0 Å². The molecule has 1 heterocycles. The number of amides is 3. The minimum atomic E-state index is -0.478. The Labute approximate surface area is 187 Å². The zero-order chi connectivity index (χ0) is 22.5. The number of hydrogen-bond donors (Lipinski definition) is 2. The van der Waals surface area contributed by atoms with Gasteiger partial charge in [0.25, 0.3) is 5.91 Å². The van der Waals surface area contributed by atoms with E-state index in [2.05, 4.69) is 10.6 Å². The van der Waals surface area contributed by atoms with Crippen LogP contribution in [0.15, 0.2) is 48.5 Å². The van der Waals surface area contributed by atoms with E-state index in [1.807, 2.05) is 0 Å². The smallest absolute Gasteiger partial charge is 0.255 e. The summed E-state index contributed by atoms with van der Waals surface area (Å²) in [4.78, 5) is 40.2. The number of carbonyl (C=O) groups is 3. The number of nitrogens with one attached hydrogen (secondary N) is 2. The third kappa shape index (κ3) is 5.15. The van der Waals surface area contributed by atoms with E-state index in [0.29, 0.717) is 29.9 Å². The zero-order valence-corrected chi connectivity index (χ0v) is 18.0. The van der Waals surface area contributed by atoms with Crippen molar-refractivity contribution in [2.45, 2.75) is 51.0 Å². The number of halogens is 1. The van der Waals surface area contributed by atoms with Crippen molar-refractivity contribution in [2.75, 3.05) is 17.2 Å². The zero-order valence-electron chi connectivity index (χ0n) is 18.0. The van der Waals surface area contributed by atoms with Gasteiger partial charge in [-0.1, -0.05) is 31.4 Å². The summed E-state index contributed by atoms with van der Waals surface area (Å²) in [5.74, 6) is -0.929. The van der Waals surface area contributed by atoms with Crippen molar-refractivity contribution < 1.29 is 18.8 Å². The Balaban J connectivity index is 1.40. The Morgan fingerprint density at radius 1 is 0.844 bits per heavy atom. The van der Waals surface area contributed by atoms with Gasteiger partial charge in [-0.15, -0.1) is 0 Å². The standard InChI is InChI=1S/C25H28FN3O3/c26-19-10-5-12-21(16-19)27-23(30)18-9-4-11-20(15-18)28-24(31)22-13-6-14-29(22)25(32)17-7-2-1-3-8-17/h4-5,9-12,15-17,22H,1-3,6-8,13-14H2,(H,27,30)(H,28,31). The number of rotatable bonds is 5. The molecule has 4 rings (SSSR count). The maximum absolute atomic E-state index is 13.4. The molecule has 6 nitrogen and oxygen atoms in total. The molecule has 1 unspecified atom stereocenters. The molecule has 2 aromatic rings. The molecule has 2 fully saturated rings. The lowest BCUT2D eigenvalue weighted by atomic mass is 9.88. The van der Waals surface area contributed by atoms with E-state index in [4.69, 9.17) is 0 Å². The fraction of sp³-hybridized carbons (Fsp3) is 0.400. The summed E-state index contributed by atoms with van der Waals surface area (Å²) in [7, 11) is 0. The predicted molar refractivity (Wildman–Crippen MR) is 121 cm³/mol. The molecule has 32 heavy (non-hydrogen) atoms. The van der Waals surface area contributed by atoms with Gasteiger partial charge in [0, 0.05) is 29.4 Å². The van der Waals surface area contributed by atoms with E-state index in [9.17, 15) is 18.8 Å². The Morgan fingerprint density at radius 2 is 1.56 bits per heavy atom. The predicted octanol–water partition coefficient (Wildman–Crippen LogP) is 4.59. The lowest BCUT2D eigenvalue weighted by Crippen LogP contribution is -2.46. The number of hydrogen-bond acceptors (Lipinski definition) is 3. The van der Waals surface area contributed by atoms with E-state index in [1.165, 1.54) is 24.6 Å². The molecular formula is C25H28FN3O3. The lowest BCUT2D eigenvalue weighted by Gasteiger charge is -2.30. The lowest BCUT2D eigenvalue weighted by molar-refractivity contribution is -0.141. The van der Waals surface area contributed by atoms with E-state index >= 15 is 0 Å². The highest BCUT2D eigenvalue weighted by molar-refractivity contribution is 6.05. The maximum Gasteiger partial charge on any atom is 0.255 e. The maximum atomic E-state index is 13.4. The van der Waals surface area contributed by atoms with Crippen LogP contribution in [0.2, 0.25) is 0 Å². The molecule has 3 amide bonds. The third-order valence-corrected chi connectivity index (χ3v) is 6.27. The van der Waals surface area contributed by atoms with Gasteiger partial charge >= 0.3 is 0 Å². The molecule has 168 valence electrons. The molecule has 1 aliphatic heterocycles. The molecule has 0 radical (unpaired) electrons. The Bertz CT molecular complexity index is 1000. The highest BCUT2D eigenvalue weighted by Crippen LogP contribution is 2.29. The largest absolute Gasteiger partial charge is 0.330 e. The van der Waals surface area contributed by atoms with Gasteiger partial charge in [0.2, 0.25) is 11.8 Å². The number of anilines is 2. The minimum Gasteiger partial charge on any atom is -0.330 e. The van der Waals surface area contributed by atoms with Gasteiger partial charge in [-0.05, 0) is 62.1 Å². The van der Waals surface area contributed by atoms with E-state index in [-0.39, 0.29) is 17.7 Å². The van der Waals surface area contributed by atoms with Gasteiger partial charge in [-0.25, -0.2) is 4.39 Å². The topological polar surface area (TPSA) is 78.5 Å². The molecule has 7 heteroatoms. The van der Waals surface area contributed by atoms with Crippen LogP contribution in [0.4, 0.5) is 15.8 Å². The summed E-state index contributed by atoms with van der Waals surface area (Å²) >= 11 is 0. The molecule has 1 atom stereocenters. The molecule has 1 aliphatic carbocycles. The monoisotopic (exact) mass is 437 g/mol. The minimum absolute atomic E-state index is 0.0343. The molecule has 2 N–H and O–H groups in total. The van der Waals surface area contributed by atoms with Crippen LogP contribution >= 0.6 is 0 Å². The SMILES string of the molecule is O=C(Nc1cccc(F)c1)c1cccc(NC(=O)C2CCCN2C(=O)C2CCCCC2)c1. The molecule has 0 spiro atoms. The first-order chi connectivity index (χ1) is 15.5. The van der Waals surface area contributed by atoms with Crippen LogP contribution in [0.5, 0.6) is 0 Å². The van der Waals surface area contributed by atoms with Crippen LogP contribution in [0.25, 0.3) is 0 Å². The first-order valence-corrected chi connectivity index (χ1v) is 11.3. The van der Waals surface area contributed by atoms with Crippen LogP contribution in [0.1, 0.15) is 55.3 Å². The summed E-state index contributed by atoms with van der Waals surface area (Å²) in [6.45, 7) is 0.615. The average Bonchev–Trinajstić information content (AvgIpc) is 3.29.